The number of carboxylic acids is 1. The summed E-state index contributed by atoms with van der Waals surface area (Å²) in [5, 5.41) is 22.1. The number of benzene rings is 2. The average molecular weight is 470 g/mol. The van der Waals surface area contributed by atoms with Crippen molar-refractivity contribution in [3.8, 4) is 0 Å². The normalized spacial score (nSPS) is 14.7. The summed E-state index contributed by atoms with van der Waals surface area (Å²) in [6, 6.07) is 12.3. The van der Waals surface area contributed by atoms with Gasteiger partial charge < -0.3 is 15.5 Å². The van der Waals surface area contributed by atoms with E-state index in [1.54, 1.807) is 62.4 Å². The summed E-state index contributed by atoms with van der Waals surface area (Å²) in [5.41, 5.74) is 2.10. The first-order valence-corrected chi connectivity index (χ1v) is 10.9. The van der Waals surface area contributed by atoms with Gasteiger partial charge in [0.2, 0.25) is 11.8 Å². The van der Waals surface area contributed by atoms with Crippen LogP contribution in [-0.2, 0) is 19.2 Å². The highest BCUT2D eigenvalue weighted by Gasteiger charge is 2.36. The molecule has 1 aliphatic rings. The van der Waals surface area contributed by atoms with Gasteiger partial charge >= 0.3 is 5.97 Å². The van der Waals surface area contributed by atoms with E-state index in [4.69, 9.17) is 5.11 Å². The molecule has 34 heavy (non-hydrogen) atoms. The van der Waals surface area contributed by atoms with Crippen molar-refractivity contribution in [1.29, 1.82) is 0 Å². The fourth-order valence-electron chi connectivity index (χ4n) is 4.11. The van der Waals surface area contributed by atoms with E-state index >= 15 is 0 Å². The number of nitrogens with zero attached hydrogens (tertiary/aromatic N) is 1. The van der Waals surface area contributed by atoms with Gasteiger partial charge in [0.25, 0.3) is 0 Å². The van der Waals surface area contributed by atoms with Crippen molar-refractivity contribution in [1.82, 2.24) is 5.32 Å². The minimum atomic E-state index is -1.52. The lowest BCUT2D eigenvalue weighted by atomic mass is 9.88. The number of hydrogen-bond donors (Lipinski definition) is 3. The summed E-state index contributed by atoms with van der Waals surface area (Å²) < 4.78 is 12.9. The number of anilines is 2. The molecule has 2 aromatic carbocycles. The van der Waals surface area contributed by atoms with Gasteiger partial charge in [-0.1, -0.05) is 50.2 Å². The molecule has 3 rings (SSSR count). The number of rotatable bonds is 9. The summed E-state index contributed by atoms with van der Waals surface area (Å²) in [5.74, 6) is -4.75. The van der Waals surface area contributed by atoms with Crippen molar-refractivity contribution in [2.24, 2.45) is 11.8 Å². The summed E-state index contributed by atoms with van der Waals surface area (Å²) in [7, 11) is 0. The van der Waals surface area contributed by atoms with Crippen LogP contribution in [0.15, 0.2) is 48.5 Å². The predicted molar refractivity (Wildman–Crippen MR) is 122 cm³/mol. The Morgan fingerprint density at radius 1 is 0.971 bits per heavy atom. The highest BCUT2D eigenvalue weighted by Crippen LogP contribution is 2.44. The Morgan fingerprint density at radius 2 is 1.50 bits per heavy atom. The van der Waals surface area contributed by atoms with Crippen LogP contribution in [0.5, 0.6) is 0 Å². The lowest BCUT2D eigenvalue weighted by molar-refractivity contribution is -0.141. The predicted octanol–water partition coefficient (Wildman–Crippen LogP) is 2.91. The first kappa shape index (κ1) is 25.0. The quantitative estimate of drug-likeness (QED) is 0.518. The van der Waals surface area contributed by atoms with E-state index in [-0.39, 0.29) is 12.3 Å². The van der Waals surface area contributed by atoms with Crippen LogP contribution in [-0.4, -0.2) is 46.5 Å². The summed E-state index contributed by atoms with van der Waals surface area (Å²) in [4.78, 5) is 50.8. The number of fused-ring (bicyclic) bond motifs is 2. The van der Waals surface area contributed by atoms with E-state index in [0.29, 0.717) is 22.5 Å². The molecule has 1 heterocycles. The summed E-state index contributed by atoms with van der Waals surface area (Å²) >= 11 is 0. The van der Waals surface area contributed by atoms with Crippen molar-refractivity contribution < 1.29 is 33.8 Å². The fraction of sp³-hybridized carbons (Fsp3) is 0.360. The zero-order valence-corrected chi connectivity index (χ0v) is 18.9. The molecule has 180 valence electrons. The van der Waals surface area contributed by atoms with Gasteiger partial charge in [0.15, 0.2) is 5.78 Å². The van der Waals surface area contributed by atoms with E-state index in [0.717, 1.165) is 0 Å². The Kier molecular flexibility index (Phi) is 7.78. The van der Waals surface area contributed by atoms with Gasteiger partial charge in [-0.2, -0.15) is 0 Å². The number of ketones is 1. The van der Waals surface area contributed by atoms with Crippen LogP contribution in [0.2, 0.25) is 0 Å². The van der Waals surface area contributed by atoms with E-state index in [2.05, 4.69) is 5.32 Å². The molecule has 0 spiro atoms. The third-order valence-electron chi connectivity index (χ3n) is 5.95. The minimum Gasteiger partial charge on any atom is -0.481 e. The molecule has 0 aliphatic carbocycles. The standard InChI is InChI=1S/C25H27FN2O6/c1-14(2)17(25(34)27-18(12-23(31)32)21(29)13-26)11-22(30)28-19-9-5-3-7-15(19)24(33)16-8-4-6-10-20(16)28/h3-10,14,17-18,24,33H,11-13H2,1-2H3,(H,27,34)(H,31,32)/t17-,18?/m0/s1. The highest BCUT2D eigenvalue weighted by atomic mass is 19.1. The number of aliphatic hydroxyl groups is 1. The molecule has 2 atom stereocenters. The Hall–Kier alpha value is -3.59. The molecule has 0 saturated heterocycles. The molecule has 2 aromatic rings. The molecule has 3 N–H and O–H groups in total. The molecule has 1 unspecified atom stereocenters. The van der Waals surface area contributed by atoms with Crippen molar-refractivity contribution >= 4 is 34.9 Å². The van der Waals surface area contributed by atoms with Gasteiger partial charge in [-0.05, 0) is 18.1 Å². The maximum Gasteiger partial charge on any atom is 0.305 e. The number of aliphatic hydroxyl groups excluding tert-OH is 1. The molecular weight excluding hydrogens is 443 g/mol. The van der Waals surface area contributed by atoms with E-state index < -0.39 is 54.7 Å². The maximum absolute atomic E-state index is 13.5. The molecule has 0 radical (unpaired) electrons. The number of carboxylic acid groups (broad SMARTS) is 1. The highest BCUT2D eigenvalue weighted by molar-refractivity contribution is 6.05. The van der Waals surface area contributed by atoms with Crippen LogP contribution < -0.4 is 10.2 Å². The number of amides is 2. The molecular formula is C25H27FN2O6. The van der Waals surface area contributed by atoms with Gasteiger partial charge in [-0.3, -0.25) is 24.1 Å². The van der Waals surface area contributed by atoms with Crippen LogP contribution in [0.4, 0.5) is 15.8 Å². The lowest BCUT2D eigenvalue weighted by Gasteiger charge is -2.35. The van der Waals surface area contributed by atoms with Crippen LogP contribution >= 0.6 is 0 Å². The Morgan fingerprint density at radius 3 is 1.97 bits per heavy atom. The molecule has 8 nitrogen and oxygen atoms in total. The lowest BCUT2D eigenvalue weighted by Crippen LogP contribution is -2.47. The van der Waals surface area contributed by atoms with Crippen LogP contribution in [0.1, 0.15) is 43.9 Å². The third kappa shape index (κ3) is 5.14. The molecule has 0 saturated carbocycles. The Bertz CT molecular complexity index is 1050. The van der Waals surface area contributed by atoms with Gasteiger partial charge in [0.05, 0.1) is 17.8 Å². The van der Waals surface area contributed by atoms with Crippen LogP contribution in [0.25, 0.3) is 0 Å². The van der Waals surface area contributed by atoms with Crippen LogP contribution in [0, 0.1) is 11.8 Å². The van der Waals surface area contributed by atoms with Gasteiger partial charge in [0.1, 0.15) is 18.8 Å². The fourth-order valence-corrected chi connectivity index (χ4v) is 4.11. The van der Waals surface area contributed by atoms with Gasteiger partial charge in [0, 0.05) is 23.5 Å². The van der Waals surface area contributed by atoms with Crippen LogP contribution in [0.3, 0.4) is 0 Å². The molecule has 0 aromatic heterocycles. The van der Waals surface area contributed by atoms with E-state index in [1.807, 2.05) is 0 Å². The van der Waals surface area contributed by atoms with Crippen molar-refractivity contribution in [3.05, 3.63) is 59.7 Å². The Labute approximate surface area is 196 Å². The van der Waals surface area contributed by atoms with Gasteiger partial charge in [-0.25, -0.2) is 4.39 Å². The second-order valence-electron chi connectivity index (χ2n) is 8.56. The number of carbonyl (C=O) groups excluding carboxylic acids is 3. The first-order valence-electron chi connectivity index (χ1n) is 10.9. The van der Waals surface area contributed by atoms with Crippen molar-refractivity contribution in [2.45, 2.75) is 38.8 Å². The molecule has 0 fully saturated rings. The number of hydrogen-bond acceptors (Lipinski definition) is 5. The molecule has 2 amide bonds. The minimum absolute atomic E-state index is 0.244. The number of aliphatic carboxylic acids is 1. The van der Waals surface area contributed by atoms with Crippen molar-refractivity contribution in [2.75, 3.05) is 11.6 Å². The number of alkyl halides is 1. The topological polar surface area (TPSA) is 124 Å². The number of Topliss-reactive ketones (excluding diaryl/α,β-unsaturated/α-hetero) is 1. The molecule has 0 bridgehead atoms. The number of para-hydroxylation sites is 2. The summed E-state index contributed by atoms with van der Waals surface area (Å²) in [6.45, 7) is 2.04. The van der Waals surface area contributed by atoms with Gasteiger partial charge in [-0.15, -0.1) is 0 Å². The number of halogens is 1. The largest absolute Gasteiger partial charge is 0.481 e. The zero-order chi connectivity index (χ0) is 25.0. The first-order chi connectivity index (χ1) is 16.1. The molecule has 9 heteroatoms. The van der Waals surface area contributed by atoms with Crippen molar-refractivity contribution in [3.63, 3.8) is 0 Å². The summed E-state index contributed by atoms with van der Waals surface area (Å²) in [6.07, 6.45) is -1.91. The SMILES string of the molecule is CC(C)[C@H](CC(=O)N1c2ccccc2C(O)c2ccccc21)C(=O)NC(CC(=O)O)C(=O)CF. The number of nitrogens with one attached hydrogen (secondary N) is 1. The number of carbonyl (C=O) groups is 4. The smallest absolute Gasteiger partial charge is 0.305 e. The van der Waals surface area contributed by atoms with E-state index in [9.17, 15) is 28.7 Å². The third-order valence-corrected chi connectivity index (χ3v) is 5.95. The second-order valence-corrected chi connectivity index (χ2v) is 8.56. The molecule has 1 aliphatic heterocycles. The monoisotopic (exact) mass is 470 g/mol. The Balaban J connectivity index is 1.89. The average Bonchev–Trinajstić information content (AvgIpc) is 2.81. The maximum atomic E-state index is 13.5. The zero-order valence-electron chi connectivity index (χ0n) is 18.9. The second kappa shape index (κ2) is 10.6. The van der Waals surface area contributed by atoms with E-state index in [1.165, 1.54) is 4.90 Å².